The highest BCUT2D eigenvalue weighted by Gasteiger charge is 2.19. The topological polar surface area (TPSA) is 96.2 Å². The van der Waals surface area contributed by atoms with Gasteiger partial charge < -0.3 is 15.7 Å². The van der Waals surface area contributed by atoms with Gasteiger partial charge in [-0.05, 0) is 50.1 Å². The molecule has 0 saturated heterocycles. The van der Waals surface area contributed by atoms with E-state index in [0.29, 0.717) is 21.9 Å². The van der Waals surface area contributed by atoms with Crippen LogP contribution in [0.1, 0.15) is 44.5 Å². The summed E-state index contributed by atoms with van der Waals surface area (Å²) in [5.41, 5.74) is 1.05. The van der Waals surface area contributed by atoms with Gasteiger partial charge in [0, 0.05) is 11.7 Å². The molecule has 4 rings (SSSR count). The van der Waals surface area contributed by atoms with Gasteiger partial charge in [-0.15, -0.1) is 0 Å². The molecular weight excluding hydrogens is 404 g/mol. The largest absolute Gasteiger partial charge is 0.385 e. The molecule has 1 heterocycles. The summed E-state index contributed by atoms with van der Waals surface area (Å²) in [6.45, 7) is 1.55. The fourth-order valence-electron chi connectivity index (χ4n) is 3.88. The van der Waals surface area contributed by atoms with Crippen LogP contribution in [0.5, 0.6) is 0 Å². The second-order valence-electron chi connectivity index (χ2n) is 7.55. The number of fused-ring (bicyclic) bond motifs is 1. The van der Waals surface area contributed by atoms with E-state index >= 15 is 0 Å². The molecule has 1 aliphatic rings. The molecule has 0 spiro atoms. The number of aromatic nitrogens is 2. The van der Waals surface area contributed by atoms with Crippen LogP contribution in [0.3, 0.4) is 0 Å². The van der Waals surface area contributed by atoms with Crippen molar-refractivity contribution in [2.45, 2.75) is 44.8 Å². The van der Waals surface area contributed by atoms with Crippen LogP contribution in [0, 0.1) is 0 Å². The molecule has 3 N–H and O–H groups in total. The molecule has 0 radical (unpaired) electrons. The van der Waals surface area contributed by atoms with E-state index in [4.69, 9.17) is 11.6 Å². The van der Waals surface area contributed by atoms with Crippen LogP contribution in [0.2, 0.25) is 5.02 Å². The van der Waals surface area contributed by atoms with Gasteiger partial charge in [-0.2, -0.15) is 0 Å². The Morgan fingerprint density at radius 3 is 2.70 bits per heavy atom. The number of benzene rings is 2. The molecule has 1 fully saturated rings. The molecule has 0 unspecified atom stereocenters. The van der Waals surface area contributed by atoms with Crippen LogP contribution in [0.15, 0.2) is 47.3 Å². The lowest BCUT2D eigenvalue weighted by Gasteiger charge is -2.17. The van der Waals surface area contributed by atoms with Crippen molar-refractivity contribution in [3.8, 4) is 5.69 Å². The summed E-state index contributed by atoms with van der Waals surface area (Å²) in [5.74, 6) is 0.197. The number of urea groups is 1. The average Bonchev–Trinajstić information content (AvgIpc) is 3.20. The Balaban J connectivity index is 1.73. The van der Waals surface area contributed by atoms with Gasteiger partial charge in [-0.1, -0.05) is 36.6 Å². The van der Waals surface area contributed by atoms with Crippen LogP contribution >= 0.6 is 11.6 Å². The highest BCUT2D eigenvalue weighted by atomic mass is 35.5. The summed E-state index contributed by atoms with van der Waals surface area (Å²) >= 11 is 6.25. The maximum atomic E-state index is 13.3. The van der Waals surface area contributed by atoms with Crippen molar-refractivity contribution in [3.63, 3.8) is 0 Å². The molecule has 1 aliphatic carbocycles. The maximum absolute atomic E-state index is 13.3. The minimum absolute atomic E-state index is 0.197. The van der Waals surface area contributed by atoms with E-state index < -0.39 is 6.10 Å². The normalized spacial score (nSPS) is 15.3. The van der Waals surface area contributed by atoms with E-state index in [1.807, 2.05) is 0 Å². The van der Waals surface area contributed by atoms with E-state index in [2.05, 4.69) is 15.6 Å². The van der Waals surface area contributed by atoms with Crippen LogP contribution < -0.4 is 16.2 Å². The number of halogens is 1. The minimum Gasteiger partial charge on any atom is -0.385 e. The maximum Gasteiger partial charge on any atom is 0.319 e. The smallest absolute Gasteiger partial charge is 0.319 e. The fraction of sp³-hybridized carbons (Fsp3) is 0.318. The summed E-state index contributed by atoms with van der Waals surface area (Å²) in [6, 6.07) is 11.8. The SMILES string of the molecule is C[C@H](O)c1nc2cccc(Cl)c2c(=O)n1-c1cccc(NC(=O)NC2CCCC2)c1. The Kier molecular flexibility index (Phi) is 5.74. The Labute approximate surface area is 178 Å². The van der Waals surface area contributed by atoms with Gasteiger partial charge in [-0.3, -0.25) is 9.36 Å². The number of aliphatic hydroxyl groups is 1. The summed E-state index contributed by atoms with van der Waals surface area (Å²) in [6.07, 6.45) is 3.25. The molecule has 1 atom stereocenters. The van der Waals surface area contributed by atoms with Gasteiger partial charge in [0.2, 0.25) is 0 Å². The molecule has 2 amide bonds. The number of carbonyl (C=O) groups is 1. The van der Waals surface area contributed by atoms with E-state index in [0.717, 1.165) is 25.7 Å². The zero-order valence-corrected chi connectivity index (χ0v) is 17.3. The van der Waals surface area contributed by atoms with Gasteiger partial charge in [0.1, 0.15) is 11.9 Å². The number of hydrogen-bond acceptors (Lipinski definition) is 4. The number of nitrogens with one attached hydrogen (secondary N) is 2. The lowest BCUT2D eigenvalue weighted by atomic mass is 10.2. The molecule has 30 heavy (non-hydrogen) atoms. The number of nitrogens with zero attached hydrogens (tertiary/aromatic N) is 2. The molecule has 0 bridgehead atoms. The molecule has 2 aromatic carbocycles. The number of hydrogen-bond donors (Lipinski definition) is 3. The Hall–Kier alpha value is -2.90. The lowest BCUT2D eigenvalue weighted by Crippen LogP contribution is -2.36. The van der Waals surface area contributed by atoms with Crippen LogP contribution in [0.4, 0.5) is 10.5 Å². The summed E-state index contributed by atoms with van der Waals surface area (Å²) < 4.78 is 1.33. The predicted molar refractivity (Wildman–Crippen MR) is 117 cm³/mol. The lowest BCUT2D eigenvalue weighted by molar-refractivity contribution is 0.186. The highest BCUT2D eigenvalue weighted by molar-refractivity contribution is 6.35. The second-order valence-corrected chi connectivity index (χ2v) is 7.96. The molecule has 3 aromatic rings. The first-order valence-corrected chi connectivity index (χ1v) is 10.4. The van der Waals surface area contributed by atoms with Gasteiger partial charge in [-0.25, -0.2) is 9.78 Å². The molecule has 156 valence electrons. The van der Waals surface area contributed by atoms with Crippen molar-refractivity contribution in [1.29, 1.82) is 0 Å². The van der Waals surface area contributed by atoms with Gasteiger partial charge in [0.25, 0.3) is 5.56 Å². The van der Waals surface area contributed by atoms with Crippen LogP contribution in [-0.2, 0) is 0 Å². The molecule has 1 saturated carbocycles. The number of amides is 2. The Morgan fingerprint density at radius 2 is 1.97 bits per heavy atom. The van der Waals surface area contributed by atoms with Crippen molar-refractivity contribution in [3.05, 3.63) is 63.7 Å². The predicted octanol–water partition coefficient (Wildman–Crippen LogP) is 4.16. The van der Waals surface area contributed by atoms with E-state index in [1.54, 1.807) is 49.4 Å². The van der Waals surface area contributed by atoms with Crippen LogP contribution in [-0.4, -0.2) is 26.7 Å². The molecule has 7 nitrogen and oxygen atoms in total. The summed E-state index contributed by atoms with van der Waals surface area (Å²) in [4.78, 5) is 30.0. The molecule has 1 aromatic heterocycles. The molecule has 8 heteroatoms. The first kappa shape index (κ1) is 20.4. The Bertz CT molecular complexity index is 1150. The third-order valence-corrected chi connectivity index (χ3v) is 5.61. The second kappa shape index (κ2) is 8.45. The van der Waals surface area contributed by atoms with Gasteiger partial charge >= 0.3 is 6.03 Å². The average molecular weight is 427 g/mol. The third kappa shape index (κ3) is 4.04. The monoisotopic (exact) mass is 426 g/mol. The number of carbonyl (C=O) groups excluding carboxylic acids is 1. The number of anilines is 1. The van der Waals surface area contributed by atoms with E-state index in [1.165, 1.54) is 4.57 Å². The standard InChI is InChI=1S/C22H23ClN4O3/c1-13(28)20-26-18-11-5-10-17(23)19(18)21(29)27(20)16-9-4-8-15(12-16)25-22(30)24-14-6-2-3-7-14/h4-5,8-14,28H,2-3,6-7H2,1H3,(H2,24,25,30)/t13-/m0/s1. The highest BCUT2D eigenvalue weighted by Crippen LogP contribution is 2.24. The van der Waals surface area contributed by atoms with Crippen molar-refractivity contribution < 1.29 is 9.90 Å². The van der Waals surface area contributed by atoms with Crippen molar-refractivity contribution in [1.82, 2.24) is 14.9 Å². The fourth-order valence-corrected chi connectivity index (χ4v) is 4.13. The number of aliphatic hydroxyl groups excluding tert-OH is 1. The van der Waals surface area contributed by atoms with Crippen LogP contribution in [0.25, 0.3) is 16.6 Å². The summed E-state index contributed by atoms with van der Waals surface area (Å²) in [7, 11) is 0. The van der Waals surface area contributed by atoms with Crippen molar-refractivity contribution in [2.75, 3.05) is 5.32 Å². The number of rotatable bonds is 4. The Morgan fingerprint density at radius 1 is 1.23 bits per heavy atom. The molecular formula is C22H23ClN4O3. The zero-order chi connectivity index (χ0) is 21.3. The third-order valence-electron chi connectivity index (χ3n) is 5.30. The van der Waals surface area contributed by atoms with E-state index in [-0.39, 0.29) is 28.8 Å². The van der Waals surface area contributed by atoms with Gasteiger partial charge in [0.15, 0.2) is 0 Å². The quantitative estimate of drug-likeness (QED) is 0.583. The van der Waals surface area contributed by atoms with Crippen molar-refractivity contribution in [2.24, 2.45) is 0 Å². The zero-order valence-electron chi connectivity index (χ0n) is 16.6. The first-order chi connectivity index (χ1) is 14.4. The molecule has 0 aliphatic heterocycles. The summed E-state index contributed by atoms with van der Waals surface area (Å²) in [5, 5.41) is 16.6. The minimum atomic E-state index is -0.983. The van der Waals surface area contributed by atoms with E-state index in [9.17, 15) is 14.7 Å². The first-order valence-electron chi connectivity index (χ1n) is 10.0. The van der Waals surface area contributed by atoms with Gasteiger partial charge in [0.05, 0.1) is 21.6 Å². The van der Waals surface area contributed by atoms with Crippen molar-refractivity contribution >= 4 is 34.2 Å².